The van der Waals surface area contributed by atoms with Gasteiger partial charge in [-0.2, -0.15) is 0 Å². The summed E-state index contributed by atoms with van der Waals surface area (Å²) < 4.78 is 22.7. The summed E-state index contributed by atoms with van der Waals surface area (Å²) in [5.74, 6) is -0.0541. The molecule has 1 heterocycles. The fourth-order valence-electron chi connectivity index (χ4n) is 3.28. The number of hydrogen-bond donors (Lipinski definition) is 2. The molecule has 3 aromatic rings. The first-order valence-corrected chi connectivity index (χ1v) is 12.3. The predicted octanol–water partition coefficient (Wildman–Crippen LogP) is 4.19. The minimum Gasteiger partial charge on any atom is -0.344 e. The minimum atomic E-state index is -3.71. The third kappa shape index (κ3) is 6.01. The first kappa shape index (κ1) is 22.2. The molecule has 0 aliphatic carbocycles. The van der Waals surface area contributed by atoms with Crippen molar-refractivity contribution >= 4 is 27.3 Å². The molecule has 0 saturated carbocycles. The highest BCUT2D eigenvalue weighted by Crippen LogP contribution is 2.27. The van der Waals surface area contributed by atoms with Gasteiger partial charge >= 0.3 is 0 Å². The van der Waals surface area contributed by atoms with Crippen molar-refractivity contribution < 1.29 is 13.2 Å². The van der Waals surface area contributed by atoms with Crippen molar-refractivity contribution in [3.8, 4) is 0 Å². The number of rotatable bonds is 9. The Morgan fingerprint density at radius 1 is 1.00 bits per heavy atom. The van der Waals surface area contributed by atoms with E-state index in [4.69, 9.17) is 5.14 Å². The van der Waals surface area contributed by atoms with Crippen LogP contribution in [0.2, 0.25) is 0 Å². The van der Waals surface area contributed by atoms with Gasteiger partial charge in [0, 0.05) is 11.3 Å². The van der Waals surface area contributed by atoms with Gasteiger partial charge < -0.3 is 5.32 Å². The highest BCUT2D eigenvalue weighted by molar-refractivity contribution is 7.89. The number of carbonyl (C=O) groups is 1. The summed E-state index contributed by atoms with van der Waals surface area (Å²) in [6.07, 6.45) is 2.97. The molecule has 30 heavy (non-hydrogen) atoms. The Balaban J connectivity index is 1.66. The van der Waals surface area contributed by atoms with Crippen molar-refractivity contribution in [2.75, 3.05) is 0 Å². The van der Waals surface area contributed by atoms with Crippen LogP contribution >= 0.6 is 11.3 Å². The van der Waals surface area contributed by atoms with Gasteiger partial charge in [0.25, 0.3) is 0 Å². The lowest BCUT2D eigenvalue weighted by Gasteiger charge is -2.19. The number of sulfonamides is 1. The van der Waals surface area contributed by atoms with Crippen LogP contribution in [-0.2, 0) is 27.7 Å². The van der Waals surface area contributed by atoms with E-state index < -0.39 is 10.0 Å². The van der Waals surface area contributed by atoms with Gasteiger partial charge in [-0.1, -0.05) is 55.8 Å². The Bertz CT molecular complexity index is 1060. The number of nitrogens with two attached hydrogens (primary N) is 1. The molecule has 0 aliphatic rings. The van der Waals surface area contributed by atoms with Crippen LogP contribution in [0, 0.1) is 0 Å². The summed E-state index contributed by atoms with van der Waals surface area (Å²) in [4.78, 5) is 13.8. The molecule has 3 rings (SSSR count). The molecule has 3 N–H and O–H groups in total. The molecule has 0 bridgehead atoms. The van der Waals surface area contributed by atoms with Crippen LogP contribution in [0.4, 0.5) is 0 Å². The number of thiophene rings is 1. The highest BCUT2D eigenvalue weighted by atomic mass is 32.2. The van der Waals surface area contributed by atoms with Gasteiger partial charge in [0.05, 0.1) is 10.9 Å². The van der Waals surface area contributed by atoms with E-state index in [0.29, 0.717) is 12.8 Å². The lowest BCUT2D eigenvalue weighted by atomic mass is 10.0. The van der Waals surface area contributed by atoms with E-state index in [1.54, 1.807) is 23.5 Å². The molecule has 7 heteroatoms. The van der Waals surface area contributed by atoms with E-state index in [0.717, 1.165) is 28.8 Å². The van der Waals surface area contributed by atoms with Crippen LogP contribution in [0.15, 0.2) is 70.9 Å². The van der Waals surface area contributed by atoms with Gasteiger partial charge in [-0.15, -0.1) is 11.3 Å². The normalized spacial score (nSPS) is 12.5. The van der Waals surface area contributed by atoms with E-state index in [9.17, 15) is 13.2 Å². The average molecular weight is 443 g/mol. The van der Waals surface area contributed by atoms with Crippen LogP contribution in [0.1, 0.15) is 47.4 Å². The van der Waals surface area contributed by atoms with Crippen molar-refractivity contribution in [2.24, 2.45) is 5.14 Å². The Morgan fingerprint density at radius 3 is 2.20 bits per heavy atom. The third-order valence-electron chi connectivity index (χ3n) is 4.88. The van der Waals surface area contributed by atoms with Gasteiger partial charge in [0.1, 0.15) is 0 Å². The fraction of sp³-hybridized carbons (Fsp3) is 0.261. The van der Waals surface area contributed by atoms with Crippen LogP contribution in [0.5, 0.6) is 0 Å². The molecule has 1 amide bonds. The maximum absolute atomic E-state index is 12.7. The molecule has 1 aromatic heterocycles. The van der Waals surface area contributed by atoms with Gasteiger partial charge in [-0.3, -0.25) is 4.79 Å². The topological polar surface area (TPSA) is 89.3 Å². The maximum atomic E-state index is 12.7. The fourth-order valence-corrected chi connectivity index (χ4v) is 4.59. The lowest BCUT2D eigenvalue weighted by Crippen LogP contribution is -2.29. The summed E-state index contributed by atoms with van der Waals surface area (Å²) in [5.41, 5.74) is 3.23. The number of nitrogens with one attached hydrogen (secondary N) is 1. The van der Waals surface area contributed by atoms with E-state index in [-0.39, 0.29) is 16.8 Å². The van der Waals surface area contributed by atoms with E-state index in [1.807, 2.05) is 17.5 Å². The quantitative estimate of drug-likeness (QED) is 0.521. The highest BCUT2D eigenvalue weighted by Gasteiger charge is 2.18. The van der Waals surface area contributed by atoms with E-state index >= 15 is 0 Å². The lowest BCUT2D eigenvalue weighted by molar-refractivity contribution is -0.121. The van der Waals surface area contributed by atoms with Crippen LogP contribution in [-0.4, -0.2) is 14.3 Å². The van der Waals surface area contributed by atoms with Crippen LogP contribution < -0.4 is 10.5 Å². The Kier molecular flexibility index (Phi) is 7.42. The molecule has 0 aliphatic heterocycles. The van der Waals surface area contributed by atoms with Crippen LogP contribution in [0.25, 0.3) is 0 Å². The molecule has 0 fully saturated rings. The van der Waals surface area contributed by atoms with Gasteiger partial charge in [0.2, 0.25) is 15.9 Å². The molecular formula is C23H26N2O3S2. The number of primary sulfonamides is 1. The van der Waals surface area contributed by atoms with Crippen LogP contribution in [0.3, 0.4) is 0 Å². The summed E-state index contributed by atoms with van der Waals surface area (Å²) in [6.45, 7) is 2.16. The monoisotopic (exact) mass is 442 g/mol. The van der Waals surface area contributed by atoms with Gasteiger partial charge in [0.15, 0.2) is 0 Å². The van der Waals surface area contributed by atoms with E-state index in [2.05, 4.69) is 36.5 Å². The molecule has 0 saturated heterocycles. The number of carbonyl (C=O) groups excluding carboxylic acids is 1. The predicted molar refractivity (Wildman–Crippen MR) is 121 cm³/mol. The maximum Gasteiger partial charge on any atom is 0.238 e. The van der Waals surface area contributed by atoms with E-state index in [1.165, 1.54) is 17.7 Å². The first-order valence-electron chi connectivity index (χ1n) is 9.90. The summed E-state index contributed by atoms with van der Waals surface area (Å²) in [6, 6.07) is 18.6. The van der Waals surface area contributed by atoms with Gasteiger partial charge in [-0.05, 0) is 53.1 Å². The summed E-state index contributed by atoms with van der Waals surface area (Å²) in [7, 11) is -3.71. The smallest absolute Gasteiger partial charge is 0.238 e. The number of amides is 1. The minimum absolute atomic E-state index is 0.0541. The van der Waals surface area contributed by atoms with Crippen molar-refractivity contribution in [3.05, 3.63) is 87.6 Å². The molecule has 2 aromatic carbocycles. The average Bonchev–Trinajstić information content (AvgIpc) is 3.26. The molecule has 1 atom stereocenters. The summed E-state index contributed by atoms with van der Waals surface area (Å²) >= 11 is 1.62. The van der Waals surface area contributed by atoms with Crippen molar-refractivity contribution in [1.29, 1.82) is 0 Å². The molecular weight excluding hydrogens is 416 g/mol. The number of hydrogen-bond acceptors (Lipinski definition) is 4. The van der Waals surface area contributed by atoms with Crippen molar-refractivity contribution in [2.45, 2.75) is 43.5 Å². The molecule has 5 nitrogen and oxygen atoms in total. The Hall–Kier alpha value is -2.48. The third-order valence-corrected chi connectivity index (χ3v) is 6.74. The molecule has 0 spiro atoms. The zero-order chi connectivity index (χ0) is 21.6. The molecule has 158 valence electrons. The zero-order valence-corrected chi connectivity index (χ0v) is 18.5. The first-order chi connectivity index (χ1) is 14.4. The molecule has 0 unspecified atom stereocenters. The summed E-state index contributed by atoms with van der Waals surface area (Å²) in [5, 5.41) is 10.3. The van der Waals surface area contributed by atoms with Crippen molar-refractivity contribution in [1.82, 2.24) is 5.32 Å². The number of benzene rings is 2. The van der Waals surface area contributed by atoms with Crippen molar-refractivity contribution in [3.63, 3.8) is 0 Å². The largest absolute Gasteiger partial charge is 0.344 e. The van der Waals surface area contributed by atoms with Gasteiger partial charge in [-0.25, -0.2) is 13.6 Å². The standard InChI is InChI=1S/C23H26N2O3S2/c1-2-4-17-6-11-19(12-7-17)23(21-5-3-16-29-21)25-22(26)15-10-18-8-13-20(14-9-18)30(24,27)28/h3,5-9,11-14,16,23H,2,4,10,15H2,1H3,(H,25,26)(H2,24,27,28)/t23-/m1/s1. The second kappa shape index (κ2) is 10.0. The second-order valence-electron chi connectivity index (χ2n) is 7.20. The Morgan fingerprint density at radius 2 is 1.63 bits per heavy atom. The zero-order valence-electron chi connectivity index (χ0n) is 16.9. The number of aryl methyl sites for hydroxylation is 2. The second-order valence-corrected chi connectivity index (χ2v) is 9.74. The SMILES string of the molecule is CCCc1ccc([C@@H](NC(=O)CCc2ccc(S(N)(=O)=O)cc2)c2cccs2)cc1. The molecule has 0 radical (unpaired) electrons. The Labute approximate surface area is 182 Å².